The van der Waals surface area contributed by atoms with Crippen molar-refractivity contribution in [2.24, 2.45) is 5.10 Å². The summed E-state index contributed by atoms with van der Waals surface area (Å²) in [4.78, 5) is 15.1. The van der Waals surface area contributed by atoms with Crippen molar-refractivity contribution in [3.63, 3.8) is 0 Å². The summed E-state index contributed by atoms with van der Waals surface area (Å²) in [7, 11) is 0. The molecule has 0 radical (unpaired) electrons. The minimum Gasteiger partial charge on any atom is -0.485 e. The normalized spacial score (nSPS) is 10.9. The second kappa shape index (κ2) is 8.97. The Balaban J connectivity index is 1.39. The summed E-state index contributed by atoms with van der Waals surface area (Å²) < 4.78 is 10.9. The van der Waals surface area contributed by atoms with E-state index in [9.17, 15) is 4.79 Å². The molecule has 0 amide bonds. The molecule has 3 heterocycles. The number of para-hydroxylation sites is 1. The Labute approximate surface area is 174 Å². The van der Waals surface area contributed by atoms with E-state index in [1.807, 2.05) is 36.4 Å². The fourth-order valence-electron chi connectivity index (χ4n) is 2.46. The van der Waals surface area contributed by atoms with Gasteiger partial charge in [0, 0.05) is 11.8 Å². The molecular weight excluding hydrogens is 406 g/mol. The molecule has 0 aliphatic carbocycles. The molecular formula is C20H15N5O4S. The lowest BCUT2D eigenvalue weighted by molar-refractivity contribution is 0.0658. The molecule has 1 aromatic carbocycles. The van der Waals surface area contributed by atoms with E-state index in [4.69, 9.17) is 14.3 Å². The molecule has 0 saturated carbocycles. The maximum atomic E-state index is 10.9. The number of carboxylic acids is 1. The van der Waals surface area contributed by atoms with E-state index >= 15 is 0 Å². The van der Waals surface area contributed by atoms with Crippen LogP contribution in [0.3, 0.4) is 0 Å². The van der Waals surface area contributed by atoms with Crippen LogP contribution >= 0.6 is 11.3 Å². The van der Waals surface area contributed by atoms with E-state index in [0.717, 1.165) is 11.3 Å². The van der Waals surface area contributed by atoms with Crippen LogP contribution in [0.15, 0.2) is 70.3 Å². The van der Waals surface area contributed by atoms with Gasteiger partial charge in [-0.25, -0.2) is 4.79 Å². The lowest BCUT2D eigenvalue weighted by atomic mass is 10.2. The van der Waals surface area contributed by atoms with Crippen LogP contribution in [0.1, 0.15) is 21.9 Å². The summed E-state index contributed by atoms with van der Waals surface area (Å²) >= 11 is 1.34. The Bertz CT molecular complexity index is 1170. The first-order chi connectivity index (χ1) is 14.7. The third-order valence-electron chi connectivity index (χ3n) is 3.83. The molecule has 30 heavy (non-hydrogen) atoms. The van der Waals surface area contributed by atoms with Gasteiger partial charge in [-0.05, 0) is 36.4 Å². The molecule has 0 unspecified atom stereocenters. The van der Waals surface area contributed by atoms with E-state index in [2.05, 4.69) is 25.7 Å². The molecule has 0 bridgehead atoms. The van der Waals surface area contributed by atoms with E-state index < -0.39 is 5.97 Å². The number of hydrogen-bond donors (Lipinski definition) is 2. The Morgan fingerprint density at radius 2 is 2.03 bits per heavy atom. The predicted octanol–water partition coefficient (Wildman–Crippen LogP) is 3.92. The lowest BCUT2D eigenvalue weighted by Crippen LogP contribution is -1.98. The van der Waals surface area contributed by atoms with Gasteiger partial charge in [0.05, 0.1) is 6.21 Å². The van der Waals surface area contributed by atoms with Gasteiger partial charge in [-0.3, -0.25) is 10.4 Å². The standard InChI is InChI=1S/C20H15N5O4S/c26-19(27)17-9-8-14(29-17)12-28-16-7-2-1-5-13(16)11-22-24-20-25-23-18(30-20)15-6-3-4-10-21-15/h1-11H,12H2,(H,24,25)(H,26,27)/b22-11+. The second-order valence-electron chi connectivity index (χ2n) is 5.89. The Kier molecular flexibility index (Phi) is 5.76. The number of aromatic nitrogens is 3. The van der Waals surface area contributed by atoms with Crippen molar-refractivity contribution in [2.75, 3.05) is 5.43 Å². The molecule has 150 valence electrons. The largest absolute Gasteiger partial charge is 0.485 e. The highest BCUT2D eigenvalue weighted by Gasteiger charge is 2.10. The Morgan fingerprint density at radius 1 is 1.17 bits per heavy atom. The van der Waals surface area contributed by atoms with Gasteiger partial charge in [-0.1, -0.05) is 29.5 Å². The van der Waals surface area contributed by atoms with Crippen LogP contribution in [0.5, 0.6) is 5.75 Å². The maximum Gasteiger partial charge on any atom is 0.371 e. The molecule has 0 saturated heterocycles. The monoisotopic (exact) mass is 421 g/mol. The molecule has 4 rings (SSSR count). The summed E-state index contributed by atoms with van der Waals surface area (Å²) in [6.07, 6.45) is 3.30. The first-order valence-corrected chi connectivity index (χ1v) is 9.58. The third kappa shape index (κ3) is 4.67. The van der Waals surface area contributed by atoms with E-state index in [1.54, 1.807) is 24.5 Å². The fraction of sp³-hybridized carbons (Fsp3) is 0.0500. The number of carboxylic acid groups (broad SMARTS) is 1. The zero-order valence-corrected chi connectivity index (χ0v) is 16.2. The number of aromatic carboxylic acids is 1. The van der Waals surface area contributed by atoms with Crippen LogP contribution in [0.2, 0.25) is 0 Å². The summed E-state index contributed by atoms with van der Waals surface area (Å²) in [5.74, 6) is -0.270. The molecule has 9 nitrogen and oxygen atoms in total. The second-order valence-corrected chi connectivity index (χ2v) is 6.87. The topological polar surface area (TPSA) is 123 Å². The van der Waals surface area contributed by atoms with Gasteiger partial charge < -0.3 is 14.3 Å². The number of pyridine rings is 1. The third-order valence-corrected chi connectivity index (χ3v) is 4.68. The van der Waals surface area contributed by atoms with Gasteiger partial charge in [-0.2, -0.15) is 5.10 Å². The molecule has 2 N–H and O–H groups in total. The Hall–Kier alpha value is -4.05. The van der Waals surface area contributed by atoms with Crippen LogP contribution in [-0.4, -0.2) is 32.5 Å². The molecule has 3 aromatic heterocycles. The number of rotatable bonds is 8. The summed E-state index contributed by atoms with van der Waals surface area (Å²) in [5.41, 5.74) is 4.32. The van der Waals surface area contributed by atoms with Crippen molar-refractivity contribution in [3.8, 4) is 16.5 Å². The number of carbonyl (C=O) groups is 1. The van der Waals surface area contributed by atoms with Crippen molar-refractivity contribution < 1.29 is 19.1 Å². The van der Waals surface area contributed by atoms with Crippen molar-refractivity contribution in [2.45, 2.75) is 6.61 Å². The molecule has 0 atom stereocenters. The number of hydrogen-bond acceptors (Lipinski definition) is 9. The summed E-state index contributed by atoms with van der Waals surface area (Å²) in [6, 6.07) is 15.8. The van der Waals surface area contributed by atoms with Crippen LogP contribution in [0.4, 0.5) is 5.13 Å². The van der Waals surface area contributed by atoms with Crippen molar-refractivity contribution in [1.29, 1.82) is 0 Å². The predicted molar refractivity (Wildman–Crippen MR) is 111 cm³/mol. The summed E-state index contributed by atoms with van der Waals surface area (Å²) in [5, 5.41) is 22.5. The minimum absolute atomic E-state index is 0.0927. The van der Waals surface area contributed by atoms with Gasteiger partial charge >= 0.3 is 5.97 Å². The molecule has 0 aliphatic rings. The minimum atomic E-state index is -1.12. The number of benzene rings is 1. The maximum absolute atomic E-state index is 10.9. The van der Waals surface area contributed by atoms with Crippen molar-refractivity contribution >= 4 is 28.7 Å². The highest BCUT2D eigenvalue weighted by atomic mass is 32.1. The van der Waals surface area contributed by atoms with Crippen LogP contribution < -0.4 is 10.2 Å². The van der Waals surface area contributed by atoms with Gasteiger partial charge in [0.1, 0.15) is 23.8 Å². The number of nitrogens with one attached hydrogen (secondary N) is 1. The van der Waals surface area contributed by atoms with Crippen LogP contribution in [0.25, 0.3) is 10.7 Å². The van der Waals surface area contributed by atoms with Crippen molar-refractivity contribution in [3.05, 3.63) is 77.9 Å². The highest BCUT2D eigenvalue weighted by molar-refractivity contribution is 7.18. The summed E-state index contributed by atoms with van der Waals surface area (Å²) in [6.45, 7) is 0.0927. The molecule has 0 fully saturated rings. The lowest BCUT2D eigenvalue weighted by Gasteiger charge is -2.07. The number of ether oxygens (including phenoxy) is 1. The molecule has 4 aromatic rings. The number of anilines is 1. The van der Waals surface area contributed by atoms with E-state index in [1.165, 1.54) is 17.4 Å². The molecule has 0 spiro atoms. The number of nitrogens with zero attached hydrogens (tertiary/aromatic N) is 4. The van der Waals surface area contributed by atoms with Crippen LogP contribution in [0, 0.1) is 0 Å². The van der Waals surface area contributed by atoms with Gasteiger partial charge in [0.25, 0.3) is 0 Å². The van der Waals surface area contributed by atoms with E-state index in [-0.39, 0.29) is 12.4 Å². The highest BCUT2D eigenvalue weighted by Crippen LogP contribution is 2.24. The Morgan fingerprint density at radius 3 is 2.83 bits per heavy atom. The van der Waals surface area contributed by atoms with Crippen molar-refractivity contribution in [1.82, 2.24) is 15.2 Å². The quantitative estimate of drug-likeness (QED) is 0.324. The SMILES string of the molecule is O=C(O)c1ccc(COc2ccccc2/C=N/Nc2nnc(-c3ccccn3)s2)o1. The molecule has 10 heteroatoms. The zero-order chi connectivity index (χ0) is 20.8. The zero-order valence-electron chi connectivity index (χ0n) is 15.4. The van der Waals surface area contributed by atoms with Gasteiger partial charge in [0.2, 0.25) is 10.9 Å². The first kappa shape index (κ1) is 19.3. The smallest absolute Gasteiger partial charge is 0.371 e. The van der Waals surface area contributed by atoms with Gasteiger partial charge in [0.15, 0.2) is 5.01 Å². The molecule has 0 aliphatic heterocycles. The average molecular weight is 421 g/mol. The van der Waals surface area contributed by atoms with Gasteiger partial charge in [-0.15, -0.1) is 10.2 Å². The van der Waals surface area contributed by atoms with Crippen LogP contribution in [-0.2, 0) is 6.61 Å². The number of furan rings is 1. The number of hydrazone groups is 1. The fourth-order valence-corrected chi connectivity index (χ4v) is 3.13. The van der Waals surface area contributed by atoms with E-state index in [0.29, 0.717) is 21.6 Å². The average Bonchev–Trinajstić information content (AvgIpc) is 3.44. The first-order valence-electron chi connectivity index (χ1n) is 8.77.